The summed E-state index contributed by atoms with van der Waals surface area (Å²) in [7, 11) is 2.72. The summed E-state index contributed by atoms with van der Waals surface area (Å²) in [5, 5.41) is 9.01. The van der Waals surface area contributed by atoms with Crippen LogP contribution in [0.4, 0.5) is 0 Å². The lowest BCUT2D eigenvalue weighted by molar-refractivity contribution is -0.149. The molecule has 0 spiro atoms. The monoisotopic (exact) mass is 298 g/mol. The molecule has 0 aliphatic carbocycles. The zero-order chi connectivity index (χ0) is 16.0. The van der Waals surface area contributed by atoms with Crippen LogP contribution in [0.15, 0.2) is 12.1 Å². The predicted octanol–water partition coefficient (Wildman–Crippen LogP) is 1.73. The summed E-state index contributed by atoms with van der Waals surface area (Å²) in [5.74, 6) is -1.22. The maximum Gasteiger partial charge on any atom is 0.344 e. The highest BCUT2D eigenvalue weighted by molar-refractivity contribution is 5.89. The van der Waals surface area contributed by atoms with Crippen molar-refractivity contribution in [2.45, 2.75) is 20.0 Å². The van der Waals surface area contributed by atoms with Crippen LogP contribution in [-0.4, -0.2) is 44.0 Å². The fraction of sp³-hybridized carbons (Fsp3) is 0.429. The number of carbonyl (C=O) groups excluding carboxylic acids is 1. The van der Waals surface area contributed by atoms with Gasteiger partial charge in [0.15, 0.2) is 18.1 Å². The normalized spacial score (nSPS) is 10.1. The van der Waals surface area contributed by atoms with Gasteiger partial charge in [0.2, 0.25) is 5.75 Å². The Morgan fingerprint density at radius 3 is 2.05 bits per heavy atom. The van der Waals surface area contributed by atoms with E-state index < -0.39 is 11.9 Å². The van der Waals surface area contributed by atoms with Gasteiger partial charge in [-0.2, -0.15) is 0 Å². The van der Waals surface area contributed by atoms with Gasteiger partial charge in [-0.3, -0.25) is 0 Å². The molecule has 1 aromatic rings. The summed E-state index contributed by atoms with van der Waals surface area (Å²) < 4.78 is 20.4. The van der Waals surface area contributed by atoms with Gasteiger partial charge in [-0.15, -0.1) is 0 Å². The topological polar surface area (TPSA) is 91.3 Å². The van der Waals surface area contributed by atoms with E-state index in [0.29, 0.717) is 0 Å². The molecule has 1 rings (SSSR count). The van der Waals surface area contributed by atoms with Crippen LogP contribution in [0.2, 0.25) is 0 Å². The Kier molecular flexibility index (Phi) is 5.83. The molecule has 0 bridgehead atoms. The van der Waals surface area contributed by atoms with E-state index in [4.69, 9.17) is 24.1 Å². The van der Waals surface area contributed by atoms with E-state index in [2.05, 4.69) is 0 Å². The number of hydrogen-bond donors (Lipinski definition) is 1. The van der Waals surface area contributed by atoms with E-state index in [1.54, 1.807) is 13.8 Å². The molecule has 0 radical (unpaired) electrons. The van der Waals surface area contributed by atoms with Crippen molar-refractivity contribution in [1.82, 2.24) is 0 Å². The lowest BCUT2D eigenvalue weighted by atomic mass is 10.2. The first-order valence-corrected chi connectivity index (χ1v) is 6.20. The Morgan fingerprint density at radius 2 is 1.67 bits per heavy atom. The van der Waals surface area contributed by atoms with Crippen molar-refractivity contribution in [3.8, 4) is 17.2 Å². The predicted molar refractivity (Wildman–Crippen MR) is 73.2 cm³/mol. The van der Waals surface area contributed by atoms with Crippen LogP contribution < -0.4 is 14.2 Å². The summed E-state index contributed by atoms with van der Waals surface area (Å²) in [4.78, 5) is 22.5. The van der Waals surface area contributed by atoms with Crippen molar-refractivity contribution >= 4 is 11.9 Å². The van der Waals surface area contributed by atoms with E-state index in [-0.39, 0.29) is 35.5 Å². The van der Waals surface area contributed by atoms with E-state index >= 15 is 0 Å². The molecule has 0 saturated heterocycles. The van der Waals surface area contributed by atoms with Crippen LogP contribution in [-0.2, 0) is 9.53 Å². The number of hydrogen-bond acceptors (Lipinski definition) is 6. The number of rotatable bonds is 7. The highest BCUT2D eigenvalue weighted by Gasteiger charge is 2.18. The molecule has 0 aliphatic heterocycles. The van der Waals surface area contributed by atoms with Gasteiger partial charge >= 0.3 is 11.9 Å². The molecule has 21 heavy (non-hydrogen) atoms. The fourth-order valence-electron chi connectivity index (χ4n) is 1.57. The lowest BCUT2D eigenvalue weighted by Gasteiger charge is -2.15. The molecule has 0 aliphatic rings. The van der Waals surface area contributed by atoms with Crippen molar-refractivity contribution < 1.29 is 33.6 Å². The number of carboxylic acids is 1. The number of esters is 1. The number of carboxylic acid groups (broad SMARTS) is 1. The number of ether oxygens (including phenoxy) is 4. The molecule has 1 N–H and O–H groups in total. The van der Waals surface area contributed by atoms with Gasteiger partial charge in [0.1, 0.15) is 0 Å². The average Bonchev–Trinajstić information content (AvgIpc) is 2.43. The summed E-state index contributed by atoms with van der Waals surface area (Å²) in [5.41, 5.74) is -0.0131. The summed E-state index contributed by atoms with van der Waals surface area (Å²) >= 11 is 0. The highest BCUT2D eigenvalue weighted by atomic mass is 16.6. The minimum atomic E-state index is -1.13. The first-order chi connectivity index (χ1) is 9.88. The maximum absolute atomic E-state index is 11.5. The fourth-order valence-corrected chi connectivity index (χ4v) is 1.57. The Morgan fingerprint density at radius 1 is 1.14 bits per heavy atom. The lowest BCUT2D eigenvalue weighted by Crippen LogP contribution is -2.19. The molecule has 0 saturated carbocycles. The van der Waals surface area contributed by atoms with Crippen LogP contribution in [0, 0.1) is 0 Å². The minimum Gasteiger partial charge on any atom is -0.493 e. The van der Waals surface area contributed by atoms with Crippen LogP contribution in [0.1, 0.15) is 24.2 Å². The van der Waals surface area contributed by atoms with Gasteiger partial charge in [-0.25, -0.2) is 9.59 Å². The molecular weight excluding hydrogens is 280 g/mol. The van der Waals surface area contributed by atoms with E-state index in [1.807, 2.05) is 0 Å². The molecule has 7 nitrogen and oxygen atoms in total. The first-order valence-electron chi connectivity index (χ1n) is 6.20. The molecule has 0 unspecified atom stereocenters. The summed E-state index contributed by atoms with van der Waals surface area (Å²) in [6, 6.07) is 2.57. The largest absolute Gasteiger partial charge is 0.493 e. The summed E-state index contributed by atoms with van der Waals surface area (Å²) in [6.07, 6.45) is -0.251. The zero-order valence-corrected chi connectivity index (χ0v) is 12.3. The van der Waals surface area contributed by atoms with Crippen molar-refractivity contribution in [2.75, 3.05) is 20.8 Å². The second-order valence-electron chi connectivity index (χ2n) is 4.34. The smallest absolute Gasteiger partial charge is 0.344 e. The SMILES string of the molecule is COc1cc(C(=O)O)cc(OC)c1OCC(=O)OC(C)C. The molecule has 0 atom stereocenters. The molecule has 0 aromatic heterocycles. The zero-order valence-electron chi connectivity index (χ0n) is 12.3. The number of methoxy groups -OCH3 is 2. The second kappa shape index (κ2) is 7.37. The van der Waals surface area contributed by atoms with Crippen molar-refractivity contribution in [3.05, 3.63) is 17.7 Å². The molecule has 0 fully saturated rings. The van der Waals surface area contributed by atoms with Gasteiger partial charge in [-0.05, 0) is 26.0 Å². The Balaban J connectivity index is 2.99. The van der Waals surface area contributed by atoms with Crippen molar-refractivity contribution in [2.24, 2.45) is 0 Å². The molecule has 0 amide bonds. The second-order valence-corrected chi connectivity index (χ2v) is 4.34. The highest BCUT2D eigenvalue weighted by Crippen LogP contribution is 2.38. The molecule has 0 heterocycles. The van der Waals surface area contributed by atoms with Crippen LogP contribution >= 0.6 is 0 Å². The molecule has 1 aromatic carbocycles. The average molecular weight is 298 g/mol. The third-order valence-electron chi connectivity index (χ3n) is 2.41. The van der Waals surface area contributed by atoms with Gasteiger partial charge in [-0.1, -0.05) is 0 Å². The van der Waals surface area contributed by atoms with Gasteiger partial charge in [0.25, 0.3) is 0 Å². The molecular formula is C14H18O7. The molecule has 7 heteroatoms. The number of carbonyl (C=O) groups is 2. The summed E-state index contributed by atoms with van der Waals surface area (Å²) in [6.45, 7) is 3.11. The number of aromatic carboxylic acids is 1. The van der Waals surface area contributed by atoms with Crippen molar-refractivity contribution in [3.63, 3.8) is 0 Å². The van der Waals surface area contributed by atoms with E-state index in [9.17, 15) is 9.59 Å². The van der Waals surface area contributed by atoms with Gasteiger partial charge < -0.3 is 24.1 Å². The minimum absolute atomic E-state index is 0.0131. The quantitative estimate of drug-likeness (QED) is 0.766. The molecule has 116 valence electrons. The van der Waals surface area contributed by atoms with Crippen molar-refractivity contribution in [1.29, 1.82) is 0 Å². The Labute approximate surface area is 122 Å². The van der Waals surface area contributed by atoms with Crippen LogP contribution in [0.3, 0.4) is 0 Å². The van der Waals surface area contributed by atoms with Gasteiger partial charge in [0, 0.05) is 0 Å². The third-order valence-corrected chi connectivity index (χ3v) is 2.41. The first kappa shape index (κ1) is 16.6. The van der Waals surface area contributed by atoms with Gasteiger partial charge in [0.05, 0.1) is 25.9 Å². The Hall–Kier alpha value is -2.44. The van der Waals surface area contributed by atoms with Crippen LogP contribution in [0.5, 0.6) is 17.2 Å². The van der Waals surface area contributed by atoms with E-state index in [1.165, 1.54) is 26.4 Å². The maximum atomic E-state index is 11.5. The number of benzene rings is 1. The standard InChI is InChI=1S/C14H18O7/c1-8(2)21-12(15)7-20-13-10(18-3)5-9(14(16)17)6-11(13)19-4/h5-6,8H,7H2,1-4H3,(H,16,17). The van der Waals surface area contributed by atoms with Crippen LogP contribution in [0.25, 0.3) is 0 Å². The Bertz CT molecular complexity index is 497. The third kappa shape index (κ3) is 4.55. The van der Waals surface area contributed by atoms with E-state index in [0.717, 1.165) is 0 Å².